The fourth-order valence-corrected chi connectivity index (χ4v) is 4.02. The molecule has 2 heterocycles. The lowest BCUT2D eigenvalue weighted by molar-refractivity contribution is -0.176. The summed E-state index contributed by atoms with van der Waals surface area (Å²) in [6, 6.07) is 15.9. The highest BCUT2D eigenvalue weighted by Crippen LogP contribution is 2.30. The van der Waals surface area contributed by atoms with Gasteiger partial charge in [-0.3, -0.25) is 9.59 Å². The SMILES string of the molecule is O=C1C[C@H](C(=O)CNc2cc(-c3cc(Cl)cc(COCC(F)(F)F)c3)n(-c3ccccc3)n2)CN1. The number of carbonyl (C=O) groups is 2. The van der Waals surface area contributed by atoms with Gasteiger partial charge in [-0.1, -0.05) is 29.8 Å². The predicted octanol–water partition coefficient (Wildman–Crippen LogP) is 4.39. The molecule has 11 heteroatoms. The van der Waals surface area contributed by atoms with Gasteiger partial charge in [-0.05, 0) is 35.9 Å². The maximum atomic E-state index is 12.5. The molecule has 1 aliphatic heterocycles. The number of ketones is 1. The summed E-state index contributed by atoms with van der Waals surface area (Å²) in [6.07, 6.45) is -4.25. The van der Waals surface area contributed by atoms with Crippen LogP contribution >= 0.6 is 11.6 Å². The molecule has 1 amide bonds. The lowest BCUT2D eigenvalue weighted by atomic mass is 10.0. The van der Waals surface area contributed by atoms with Crippen LogP contribution in [0.4, 0.5) is 19.0 Å². The number of ether oxygens (including phenoxy) is 1. The second-order valence-corrected chi connectivity index (χ2v) is 8.58. The molecule has 2 aromatic carbocycles. The van der Waals surface area contributed by atoms with Gasteiger partial charge in [-0.2, -0.15) is 13.2 Å². The Bertz CT molecular complexity index is 1210. The number of nitrogens with one attached hydrogen (secondary N) is 2. The first-order chi connectivity index (χ1) is 16.7. The van der Waals surface area contributed by atoms with Crippen LogP contribution in [0, 0.1) is 5.92 Å². The summed E-state index contributed by atoms with van der Waals surface area (Å²) in [7, 11) is 0. The minimum atomic E-state index is -4.42. The summed E-state index contributed by atoms with van der Waals surface area (Å²) >= 11 is 6.26. The van der Waals surface area contributed by atoms with Crippen molar-refractivity contribution in [2.45, 2.75) is 19.2 Å². The molecule has 0 aliphatic carbocycles. The summed E-state index contributed by atoms with van der Waals surface area (Å²) in [5, 5.41) is 10.6. The Balaban J connectivity index is 1.59. The third-order valence-electron chi connectivity index (χ3n) is 5.37. The molecule has 1 aromatic heterocycles. The Kier molecular flexibility index (Phi) is 7.42. The number of aromatic nitrogens is 2. The number of carbonyl (C=O) groups excluding carboxylic acids is 2. The Morgan fingerprint density at radius 2 is 1.97 bits per heavy atom. The molecule has 1 atom stereocenters. The number of nitrogens with zero attached hydrogens (tertiary/aromatic N) is 2. The van der Waals surface area contributed by atoms with E-state index in [0.717, 1.165) is 5.69 Å². The Morgan fingerprint density at radius 1 is 1.20 bits per heavy atom. The molecular weight excluding hydrogens is 485 g/mol. The number of benzene rings is 2. The first-order valence-electron chi connectivity index (χ1n) is 10.8. The molecule has 0 bridgehead atoms. The van der Waals surface area contributed by atoms with E-state index in [1.165, 1.54) is 0 Å². The van der Waals surface area contributed by atoms with Crippen molar-refractivity contribution in [1.29, 1.82) is 0 Å². The predicted molar refractivity (Wildman–Crippen MR) is 124 cm³/mol. The highest BCUT2D eigenvalue weighted by atomic mass is 35.5. The van der Waals surface area contributed by atoms with Gasteiger partial charge in [0.15, 0.2) is 5.78 Å². The van der Waals surface area contributed by atoms with Crippen LogP contribution in [0.5, 0.6) is 0 Å². The molecule has 7 nitrogen and oxygen atoms in total. The van der Waals surface area contributed by atoms with E-state index >= 15 is 0 Å². The molecule has 1 saturated heterocycles. The number of Topliss-reactive ketones (excluding diaryl/α,β-unsaturated/α-hetero) is 1. The molecule has 1 fully saturated rings. The lowest BCUT2D eigenvalue weighted by Gasteiger charge is -2.11. The van der Waals surface area contributed by atoms with Crippen molar-refractivity contribution in [3.63, 3.8) is 0 Å². The molecule has 0 unspecified atom stereocenters. The molecule has 184 valence electrons. The van der Waals surface area contributed by atoms with Crippen LogP contribution in [-0.2, 0) is 20.9 Å². The van der Waals surface area contributed by atoms with Crippen LogP contribution in [0.15, 0.2) is 54.6 Å². The van der Waals surface area contributed by atoms with E-state index in [0.29, 0.717) is 34.2 Å². The van der Waals surface area contributed by atoms with Crippen molar-refractivity contribution in [3.8, 4) is 16.9 Å². The summed E-state index contributed by atoms with van der Waals surface area (Å²) in [6.45, 7) is -1.30. The Hall–Kier alpha value is -3.37. The Morgan fingerprint density at radius 3 is 2.66 bits per heavy atom. The van der Waals surface area contributed by atoms with Crippen molar-refractivity contribution in [3.05, 3.63) is 65.2 Å². The summed E-state index contributed by atoms with van der Waals surface area (Å²) in [5.74, 6) is -0.205. The fourth-order valence-electron chi connectivity index (χ4n) is 3.76. The van der Waals surface area contributed by atoms with Crippen LogP contribution < -0.4 is 10.6 Å². The number of hydrogen-bond acceptors (Lipinski definition) is 5. The van der Waals surface area contributed by atoms with Gasteiger partial charge in [0.05, 0.1) is 24.5 Å². The van der Waals surface area contributed by atoms with Gasteiger partial charge in [0, 0.05) is 35.5 Å². The van der Waals surface area contributed by atoms with Crippen molar-refractivity contribution in [2.24, 2.45) is 5.92 Å². The van der Waals surface area contributed by atoms with Gasteiger partial charge < -0.3 is 15.4 Å². The van der Waals surface area contributed by atoms with Crippen molar-refractivity contribution < 1.29 is 27.5 Å². The van der Waals surface area contributed by atoms with Gasteiger partial charge in [0.25, 0.3) is 0 Å². The minimum absolute atomic E-state index is 0.00303. The smallest absolute Gasteiger partial charge is 0.367 e. The number of para-hydroxylation sites is 1. The summed E-state index contributed by atoms with van der Waals surface area (Å²) in [4.78, 5) is 23.8. The second-order valence-electron chi connectivity index (χ2n) is 8.14. The van der Waals surface area contributed by atoms with Gasteiger partial charge in [-0.15, -0.1) is 5.10 Å². The molecule has 4 rings (SSSR count). The van der Waals surface area contributed by atoms with E-state index in [1.807, 2.05) is 30.3 Å². The number of hydrogen-bond donors (Lipinski definition) is 2. The lowest BCUT2D eigenvalue weighted by Crippen LogP contribution is -2.24. The van der Waals surface area contributed by atoms with Gasteiger partial charge in [0.2, 0.25) is 5.91 Å². The molecule has 0 spiro atoms. The first kappa shape index (κ1) is 24.7. The quantitative estimate of drug-likeness (QED) is 0.449. The van der Waals surface area contributed by atoms with Crippen LogP contribution in [0.25, 0.3) is 16.9 Å². The zero-order valence-electron chi connectivity index (χ0n) is 18.4. The standard InChI is InChI=1S/C24H22ClF3N4O3/c25-18-7-15(13-35-14-24(26,27)28)6-16(8-18)20-10-22(31-32(20)19-4-2-1-3-5-19)29-12-21(33)17-9-23(34)30-11-17/h1-8,10,17H,9,11-14H2,(H,29,31)(H,30,34)/t17-/m0/s1. The first-order valence-corrected chi connectivity index (χ1v) is 11.2. The van der Waals surface area contributed by atoms with Gasteiger partial charge in [0.1, 0.15) is 12.4 Å². The van der Waals surface area contributed by atoms with E-state index in [2.05, 4.69) is 15.7 Å². The summed E-state index contributed by atoms with van der Waals surface area (Å²) in [5.41, 5.74) is 2.44. The van der Waals surface area contributed by atoms with Crippen molar-refractivity contribution in [2.75, 3.05) is 25.0 Å². The fraction of sp³-hybridized carbons (Fsp3) is 0.292. The molecule has 0 saturated carbocycles. The van der Waals surface area contributed by atoms with Gasteiger partial charge in [-0.25, -0.2) is 4.68 Å². The minimum Gasteiger partial charge on any atom is -0.367 e. The zero-order chi connectivity index (χ0) is 25.0. The third kappa shape index (κ3) is 6.61. The van der Waals surface area contributed by atoms with E-state index in [-0.39, 0.29) is 37.2 Å². The van der Waals surface area contributed by atoms with E-state index in [1.54, 1.807) is 28.9 Å². The number of anilines is 1. The normalized spacial score (nSPS) is 15.8. The van der Waals surface area contributed by atoms with Crippen LogP contribution in [-0.4, -0.2) is 47.3 Å². The van der Waals surface area contributed by atoms with E-state index in [4.69, 9.17) is 16.3 Å². The van der Waals surface area contributed by atoms with E-state index in [9.17, 15) is 22.8 Å². The number of amides is 1. The molecule has 3 aromatic rings. The average molecular weight is 507 g/mol. The van der Waals surface area contributed by atoms with Gasteiger partial charge >= 0.3 is 6.18 Å². The molecule has 2 N–H and O–H groups in total. The van der Waals surface area contributed by atoms with Crippen LogP contribution in [0.2, 0.25) is 5.02 Å². The van der Waals surface area contributed by atoms with Crippen LogP contribution in [0.1, 0.15) is 12.0 Å². The molecule has 0 radical (unpaired) electrons. The average Bonchev–Trinajstić information content (AvgIpc) is 3.43. The molecule has 35 heavy (non-hydrogen) atoms. The zero-order valence-corrected chi connectivity index (χ0v) is 19.2. The Labute approximate surface area is 204 Å². The van der Waals surface area contributed by atoms with Crippen molar-refractivity contribution >= 4 is 29.1 Å². The van der Waals surface area contributed by atoms with Crippen molar-refractivity contribution in [1.82, 2.24) is 15.1 Å². The number of halogens is 4. The number of alkyl halides is 3. The third-order valence-corrected chi connectivity index (χ3v) is 5.59. The molecule has 1 aliphatic rings. The maximum Gasteiger partial charge on any atom is 0.411 e. The largest absolute Gasteiger partial charge is 0.411 e. The second kappa shape index (κ2) is 10.5. The highest BCUT2D eigenvalue weighted by Gasteiger charge is 2.28. The monoisotopic (exact) mass is 506 g/mol. The highest BCUT2D eigenvalue weighted by molar-refractivity contribution is 6.31. The van der Waals surface area contributed by atoms with E-state index < -0.39 is 12.8 Å². The summed E-state index contributed by atoms with van der Waals surface area (Å²) < 4.78 is 43.8. The maximum absolute atomic E-state index is 12.5. The van der Waals surface area contributed by atoms with Crippen LogP contribution in [0.3, 0.4) is 0 Å². The topological polar surface area (TPSA) is 85.2 Å². The molecular formula is C24H22ClF3N4O3. The number of rotatable bonds is 9.